The Hall–Kier alpha value is -1.62. The molecule has 22 heavy (non-hydrogen) atoms. The van der Waals surface area contributed by atoms with Crippen molar-refractivity contribution in [2.45, 2.75) is 63.6 Å². The highest BCUT2D eigenvalue weighted by Gasteiger charge is 2.21. The van der Waals surface area contributed by atoms with Crippen molar-refractivity contribution in [2.75, 3.05) is 6.54 Å². The molecule has 1 aromatic rings. The zero-order chi connectivity index (χ0) is 15.2. The number of ether oxygens (including phenoxy) is 1. The summed E-state index contributed by atoms with van der Waals surface area (Å²) < 4.78 is 5.97. The van der Waals surface area contributed by atoms with E-state index in [2.05, 4.69) is 15.6 Å². The molecule has 1 saturated carbocycles. The van der Waals surface area contributed by atoms with E-state index in [-0.39, 0.29) is 11.9 Å². The molecule has 2 N–H and O–H groups in total. The van der Waals surface area contributed by atoms with Crippen molar-refractivity contribution >= 4 is 5.91 Å². The first-order valence-corrected chi connectivity index (χ1v) is 8.44. The molecule has 2 aliphatic rings. The van der Waals surface area contributed by atoms with Crippen LogP contribution in [-0.4, -0.2) is 29.6 Å². The van der Waals surface area contributed by atoms with Crippen LogP contribution < -0.4 is 15.4 Å². The lowest BCUT2D eigenvalue weighted by Crippen LogP contribution is -2.40. The molecule has 5 nitrogen and oxygen atoms in total. The van der Waals surface area contributed by atoms with Crippen LogP contribution in [0.4, 0.5) is 0 Å². The molecule has 0 aromatic carbocycles. The van der Waals surface area contributed by atoms with Crippen LogP contribution in [-0.2, 0) is 11.3 Å². The maximum absolute atomic E-state index is 12.0. The molecule has 1 aliphatic carbocycles. The van der Waals surface area contributed by atoms with Gasteiger partial charge < -0.3 is 15.4 Å². The Balaban J connectivity index is 1.50. The second-order valence-corrected chi connectivity index (χ2v) is 6.25. The number of nitrogens with zero attached hydrogens (tertiary/aromatic N) is 1. The molecule has 0 radical (unpaired) electrons. The van der Waals surface area contributed by atoms with Crippen molar-refractivity contribution in [3.05, 3.63) is 23.9 Å². The summed E-state index contributed by atoms with van der Waals surface area (Å²) in [7, 11) is 0. The van der Waals surface area contributed by atoms with E-state index in [1.54, 1.807) is 6.20 Å². The van der Waals surface area contributed by atoms with Gasteiger partial charge in [-0.25, -0.2) is 4.98 Å². The number of amides is 1. The highest BCUT2D eigenvalue weighted by molar-refractivity contribution is 5.81. The number of carbonyl (C=O) groups excluding carboxylic acids is 1. The third-order valence-corrected chi connectivity index (χ3v) is 4.48. The summed E-state index contributed by atoms with van der Waals surface area (Å²) in [5.74, 6) is 0.765. The van der Waals surface area contributed by atoms with Crippen molar-refractivity contribution in [1.82, 2.24) is 15.6 Å². The summed E-state index contributed by atoms with van der Waals surface area (Å²) in [6.07, 6.45) is 10.1. The number of nitrogens with one attached hydrogen (secondary N) is 2. The lowest BCUT2D eigenvalue weighted by molar-refractivity contribution is -0.122. The van der Waals surface area contributed by atoms with E-state index in [0.717, 1.165) is 37.8 Å². The van der Waals surface area contributed by atoms with E-state index in [4.69, 9.17) is 4.74 Å². The summed E-state index contributed by atoms with van der Waals surface area (Å²) in [6, 6.07) is 3.84. The van der Waals surface area contributed by atoms with E-state index in [1.165, 1.54) is 19.3 Å². The highest BCUT2D eigenvalue weighted by atomic mass is 16.5. The van der Waals surface area contributed by atoms with Gasteiger partial charge in [0.05, 0.1) is 6.04 Å². The normalized spacial score (nSPS) is 22.5. The van der Waals surface area contributed by atoms with E-state index in [9.17, 15) is 4.79 Å². The van der Waals surface area contributed by atoms with Crippen molar-refractivity contribution in [1.29, 1.82) is 0 Å². The zero-order valence-electron chi connectivity index (χ0n) is 13.0. The maximum Gasteiger partial charge on any atom is 0.237 e. The molecule has 120 valence electrons. The first-order chi connectivity index (χ1) is 10.8. The summed E-state index contributed by atoms with van der Waals surface area (Å²) in [5.41, 5.74) is 1.03. The second-order valence-electron chi connectivity index (χ2n) is 6.25. The molecule has 3 rings (SSSR count). The molecule has 2 fully saturated rings. The Morgan fingerprint density at radius 1 is 1.27 bits per heavy atom. The molecule has 1 aliphatic heterocycles. The third kappa shape index (κ3) is 4.19. The first kappa shape index (κ1) is 15.3. The lowest BCUT2D eigenvalue weighted by atomic mass is 9.98. The smallest absolute Gasteiger partial charge is 0.237 e. The molecule has 0 bridgehead atoms. The van der Waals surface area contributed by atoms with Crippen LogP contribution in [0.15, 0.2) is 18.3 Å². The molecule has 1 amide bonds. The minimum absolute atomic E-state index is 0.0280. The average Bonchev–Trinajstić information content (AvgIpc) is 3.08. The van der Waals surface area contributed by atoms with Crippen LogP contribution in [0.1, 0.15) is 50.5 Å². The quantitative estimate of drug-likeness (QED) is 0.875. The summed E-state index contributed by atoms with van der Waals surface area (Å²) in [4.78, 5) is 16.3. The standard InChI is InChI=1S/C17H25N3O2/c21-17(15-7-4-9-18-15)20-12-13-8-10-19-16(11-13)22-14-5-2-1-3-6-14/h8,10-11,14-15,18H,1-7,9,12H2,(H,20,21). The van der Waals surface area contributed by atoms with Gasteiger partial charge in [0.1, 0.15) is 6.10 Å². The minimum Gasteiger partial charge on any atom is -0.474 e. The predicted molar refractivity (Wildman–Crippen MR) is 84.6 cm³/mol. The van der Waals surface area contributed by atoms with Gasteiger partial charge in [0.2, 0.25) is 11.8 Å². The van der Waals surface area contributed by atoms with Crippen LogP contribution in [0, 0.1) is 0 Å². The van der Waals surface area contributed by atoms with Crippen LogP contribution in [0.25, 0.3) is 0 Å². The molecule has 1 aromatic heterocycles. The van der Waals surface area contributed by atoms with Gasteiger partial charge >= 0.3 is 0 Å². The van der Waals surface area contributed by atoms with Gasteiger partial charge in [0.15, 0.2) is 0 Å². The Labute approximate surface area is 131 Å². The van der Waals surface area contributed by atoms with Crippen LogP contribution >= 0.6 is 0 Å². The number of rotatable bonds is 5. The monoisotopic (exact) mass is 303 g/mol. The molecule has 1 atom stereocenters. The molecular weight excluding hydrogens is 278 g/mol. The van der Waals surface area contributed by atoms with E-state index < -0.39 is 0 Å². The molecule has 5 heteroatoms. The minimum atomic E-state index is -0.0280. The topological polar surface area (TPSA) is 63.2 Å². The van der Waals surface area contributed by atoms with Gasteiger partial charge in [0.25, 0.3) is 0 Å². The summed E-state index contributed by atoms with van der Waals surface area (Å²) in [5, 5.41) is 6.20. The van der Waals surface area contributed by atoms with Crippen molar-refractivity contribution in [2.24, 2.45) is 0 Å². The Morgan fingerprint density at radius 3 is 2.91 bits per heavy atom. The van der Waals surface area contributed by atoms with Gasteiger partial charge in [-0.2, -0.15) is 0 Å². The largest absolute Gasteiger partial charge is 0.474 e. The van der Waals surface area contributed by atoms with Crippen LogP contribution in [0.2, 0.25) is 0 Å². The lowest BCUT2D eigenvalue weighted by Gasteiger charge is -2.22. The fourth-order valence-electron chi connectivity index (χ4n) is 3.20. The van der Waals surface area contributed by atoms with E-state index in [1.807, 2.05) is 12.1 Å². The molecule has 2 heterocycles. The van der Waals surface area contributed by atoms with Crippen molar-refractivity contribution in [3.63, 3.8) is 0 Å². The van der Waals surface area contributed by atoms with Crippen LogP contribution in [0.5, 0.6) is 5.88 Å². The van der Waals surface area contributed by atoms with Crippen LogP contribution in [0.3, 0.4) is 0 Å². The van der Waals surface area contributed by atoms with E-state index >= 15 is 0 Å². The third-order valence-electron chi connectivity index (χ3n) is 4.48. The zero-order valence-corrected chi connectivity index (χ0v) is 13.0. The van der Waals surface area contributed by atoms with Gasteiger partial charge in [-0.3, -0.25) is 4.79 Å². The molecule has 1 saturated heterocycles. The molecule has 0 spiro atoms. The second kappa shape index (κ2) is 7.58. The summed E-state index contributed by atoms with van der Waals surface area (Å²) >= 11 is 0. The maximum atomic E-state index is 12.0. The number of hydrogen-bond donors (Lipinski definition) is 2. The van der Waals surface area contributed by atoms with Gasteiger partial charge in [-0.1, -0.05) is 6.42 Å². The van der Waals surface area contributed by atoms with Gasteiger partial charge in [-0.15, -0.1) is 0 Å². The average molecular weight is 303 g/mol. The Morgan fingerprint density at radius 2 is 2.14 bits per heavy atom. The fraction of sp³-hybridized carbons (Fsp3) is 0.647. The highest BCUT2D eigenvalue weighted by Crippen LogP contribution is 2.22. The number of hydrogen-bond acceptors (Lipinski definition) is 4. The van der Waals surface area contributed by atoms with Gasteiger partial charge in [0, 0.05) is 18.8 Å². The molecule has 1 unspecified atom stereocenters. The number of pyridine rings is 1. The Kier molecular flexibility index (Phi) is 5.27. The number of carbonyl (C=O) groups is 1. The Bertz CT molecular complexity index is 494. The number of aromatic nitrogens is 1. The summed E-state index contributed by atoms with van der Waals surface area (Å²) in [6.45, 7) is 1.47. The van der Waals surface area contributed by atoms with E-state index in [0.29, 0.717) is 18.5 Å². The fourth-order valence-corrected chi connectivity index (χ4v) is 3.20. The van der Waals surface area contributed by atoms with Gasteiger partial charge in [-0.05, 0) is 56.7 Å². The van der Waals surface area contributed by atoms with Crippen molar-refractivity contribution in [3.8, 4) is 5.88 Å². The molecular formula is C17H25N3O2. The predicted octanol–water partition coefficient (Wildman–Crippen LogP) is 2.16. The van der Waals surface area contributed by atoms with Crippen molar-refractivity contribution < 1.29 is 9.53 Å². The first-order valence-electron chi connectivity index (χ1n) is 8.44. The SMILES string of the molecule is O=C(NCc1ccnc(OC2CCCCC2)c1)C1CCCN1.